The molecule has 1 unspecified atom stereocenters. The maximum absolute atomic E-state index is 10.6. The summed E-state index contributed by atoms with van der Waals surface area (Å²) in [5, 5.41) is 11.1. The molecule has 1 atom stereocenters. The first-order valence-corrected chi connectivity index (χ1v) is 7.93. The molecule has 0 saturated carbocycles. The zero-order valence-corrected chi connectivity index (χ0v) is 14.8. The smallest absolute Gasteiger partial charge is 0.203 e. The van der Waals surface area contributed by atoms with Crippen LogP contribution in [0.15, 0.2) is 22.0 Å². The van der Waals surface area contributed by atoms with Crippen LogP contribution in [-0.4, -0.2) is 26.4 Å². The minimum absolute atomic E-state index is 0.435. The van der Waals surface area contributed by atoms with Crippen molar-refractivity contribution in [2.45, 2.75) is 6.10 Å². The van der Waals surface area contributed by atoms with Crippen molar-refractivity contribution in [2.24, 2.45) is 0 Å². The molecule has 0 spiro atoms. The normalized spacial score (nSPS) is 12.1. The number of thiophene rings is 1. The molecule has 114 valence electrons. The lowest BCUT2D eigenvalue weighted by Gasteiger charge is -2.18. The van der Waals surface area contributed by atoms with Crippen LogP contribution in [0.4, 0.5) is 0 Å². The van der Waals surface area contributed by atoms with Gasteiger partial charge in [0.15, 0.2) is 11.5 Å². The molecule has 1 aromatic heterocycles. The van der Waals surface area contributed by atoms with E-state index in [0.717, 1.165) is 3.79 Å². The van der Waals surface area contributed by atoms with Gasteiger partial charge in [-0.2, -0.15) is 0 Å². The average molecular weight is 394 g/mol. The van der Waals surface area contributed by atoms with Crippen LogP contribution in [0.1, 0.15) is 16.5 Å². The van der Waals surface area contributed by atoms with E-state index in [0.29, 0.717) is 32.7 Å². The Kier molecular flexibility index (Phi) is 5.37. The molecule has 1 heterocycles. The Morgan fingerprint density at radius 2 is 1.81 bits per heavy atom. The summed E-state index contributed by atoms with van der Waals surface area (Å²) in [5.41, 5.74) is 0.584. The van der Waals surface area contributed by atoms with Gasteiger partial charge >= 0.3 is 0 Å². The zero-order chi connectivity index (χ0) is 15.6. The Hall–Kier alpha value is -0.950. The number of hydrogen-bond acceptors (Lipinski definition) is 5. The molecule has 4 nitrogen and oxygen atoms in total. The average Bonchev–Trinajstić information content (AvgIpc) is 2.84. The molecule has 1 N–H and O–H groups in total. The van der Waals surface area contributed by atoms with E-state index in [1.54, 1.807) is 25.3 Å². The number of ether oxygens (including phenoxy) is 3. The SMILES string of the molecule is COc1ccc(C(O)c2cc(Cl)c(Br)s2)c(OC)c1OC. The second-order valence-electron chi connectivity index (χ2n) is 4.10. The van der Waals surface area contributed by atoms with Crippen molar-refractivity contribution in [3.8, 4) is 17.2 Å². The molecule has 1 aromatic carbocycles. The molecule has 21 heavy (non-hydrogen) atoms. The molecule has 7 heteroatoms. The summed E-state index contributed by atoms with van der Waals surface area (Å²) in [4.78, 5) is 0.706. The Morgan fingerprint density at radius 3 is 2.29 bits per heavy atom. The van der Waals surface area contributed by atoms with E-state index >= 15 is 0 Å². The van der Waals surface area contributed by atoms with Crippen LogP contribution in [0, 0.1) is 0 Å². The van der Waals surface area contributed by atoms with Crippen LogP contribution < -0.4 is 14.2 Å². The Bertz CT molecular complexity index is 625. The topological polar surface area (TPSA) is 47.9 Å². The van der Waals surface area contributed by atoms with Gasteiger partial charge in [0, 0.05) is 10.4 Å². The summed E-state index contributed by atoms with van der Waals surface area (Å²) in [6.45, 7) is 0. The summed E-state index contributed by atoms with van der Waals surface area (Å²) in [6.07, 6.45) is -0.867. The molecule has 0 aliphatic heterocycles. The first-order valence-electron chi connectivity index (χ1n) is 5.95. The third-order valence-corrected chi connectivity index (χ3v) is 5.49. The molecule has 0 aliphatic rings. The lowest BCUT2D eigenvalue weighted by molar-refractivity contribution is 0.216. The van der Waals surface area contributed by atoms with Gasteiger partial charge in [0.1, 0.15) is 6.10 Å². The highest BCUT2D eigenvalue weighted by atomic mass is 79.9. The van der Waals surface area contributed by atoms with Gasteiger partial charge in [0.2, 0.25) is 5.75 Å². The maximum atomic E-state index is 10.6. The van der Waals surface area contributed by atoms with Crippen molar-refractivity contribution in [2.75, 3.05) is 21.3 Å². The lowest BCUT2D eigenvalue weighted by atomic mass is 10.1. The summed E-state index contributed by atoms with van der Waals surface area (Å²) < 4.78 is 16.7. The summed E-state index contributed by atoms with van der Waals surface area (Å²) >= 11 is 10.7. The van der Waals surface area contributed by atoms with Gasteiger partial charge in [-0.15, -0.1) is 11.3 Å². The quantitative estimate of drug-likeness (QED) is 0.824. The third kappa shape index (κ3) is 3.13. The van der Waals surface area contributed by atoms with E-state index in [1.807, 2.05) is 0 Å². The minimum atomic E-state index is -0.867. The molecule has 2 rings (SSSR count). The lowest BCUT2D eigenvalue weighted by Crippen LogP contribution is -2.03. The van der Waals surface area contributed by atoms with Crippen molar-refractivity contribution >= 4 is 38.9 Å². The van der Waals surface area contributed by atoms with Crippen LogP contribution in [0.25, 0.3) is 0 Å². The van der Waals surface area contributed by atoms with Crippen LogP contribution in [0.2, 0.25) is 5.02 Å². The van der Waals surface area contributed by atoms with Gasteiger partial charge < -0.3 is 19.3 Å². The molecular formula is C14H14BrClO4S. The first kappa shape index (κ1) is 16.4. The molecular weight excluding hydrogens is 380 g/mol. The van der Waals surface area contributed by atoms with Crippen LogP contribution >= 0.6 is 38.9 Å². The molecule has 0 amide bonds. The third-order valence-electron chi connectivity index (χ3n) is 2.96. The largest absolute Gasteiger partial charge is 0.493 e. The molecule has 0 radical (unpaired) electrons. The van der Waals surface area contributed by atoms with Crippen molar-refractivity contribution in [3.05, 3.63) is 37.4 Å². The van der Waals surface area contributed by atoms with Crippen LogP contribution in [0.3, 0.4) is 0 Å². The summed E-state index contributed by atoms with van der Waals surface area (Å²) in [6, 6.07) is 5.19. The number of hydrogen-bond donors (Lipinski definition) is 1. The summed E-state index contributed by atoms with van der Waals surface area (Å²) in [7, 11) is 4.59. The van der Waals surface area contributed by atoms with E-state index in [4.69, 9.17) is 25.8 Å². The predicted octanol–water partition coefficient (Wildman–Crippen LogP) is 4.27. The van der Waals surface area contributed by atoms with E-state index in [1.165, 1.54) is 25.6 Å². The second kappa shape index (κ2) is 6.87. The highest BCUT2D eigenvalue weighted by Gasteiger charge is 2.23. The number of rotatable bonds is 5. The molecule has 2 aromatic rings. The fourth-order valence-corrected chi connectivity index (χ4v) is 3.74. The monoisotopic (exact) mass is 392 g/mol. The van der Waals surface area contributed by atoms with Gasteiger partial charge in [-0.3, -0.25) is 0 Å². The first-order chi connectivity index (χ1) is 10.0. The minimum Gasteiger partial charge on any atom is -0.493 e. The van der Waals surface area contributed by atoms with Gasteiger partial charge in [-0.25, -0.2) is 0 Å². The van der Waals surface area contributed by atoms with E-state index in [9.17, 15) is 5.11 Å². The van der Waals surface area contributed by atoms with Crippen LogP contribution in [-0.2, 0) is 0 Å². The predicted molar refractivity (Wildman–Crippen MR) is 87.2 cm³/mol. The number of halogens is 2. The van der Waals surface area contributed by atoms with Gasteiger partial charge in [0.05, 0.1) is 30.1 Å². The second-order valence-corrected chi connectivity index (χ2v) is 6.91. The number of benzene rings is 1. The van der Waals surface area contributed by atoms with Gasteiger partial charge in [-0.1, -0.05) is 11.6 Å². The Labute approximate surface area is 140 Å². The molecule has 0 aliphatic carbocycles. The van der Waals surface area contributed by atoms with Crippen LogP contribution in [0.5, 0.6) is 17.2 Å². The van der Waals surface area contributed by atoms with E-state index in [2.05, 4.69) is 15.9 Å². The Balaban J connectivity index is 2.52. The van der Waals surface area contributed by atoms with Crippen molar-refractivity contribution < 1.29 is 19.3 Å². The van der Waals surface area contributed by atoms with Crippen molar-refractivity contribution in [3.63, 3.8) is 0 Å². The van der Waals surface area contributed by atoms with E-state index < -0.39 is 6.10 Å². The fraction of sp³-hybridized carbons (Fsp3) is 0.286. The molecule has 0 fully saturated rings. The Morgan fingerprint density at radius 1 is 1.14 bits per heavy atom. The highest BCUT2D eigenvalue weighted by molar-refractivity contribution is 9.11. The molecule has 0 saturated heterocycles. The molecule has 0 bridgehead atoms. The van der Waals surface area contributed by atoms with Crippen molar-refractivity contribution in [1.82, 2.24) is 0 Å². The van der Waals surface area contributed by atoms with E-state index in [-0.39, 0.29) is 0 Å². The number of aliphatic hydroxyl groups is 1. The number of methoxy groups -OCH3 is 3. The van der Waals surface area contributed by atoms with Crippen molar-refractivity contribution in [1.29, 1.82) is 0 Å². The summed E-state index contributed by atoms with van der Waals surface area (Å²) in [5.74, 6) is 1.42. The number of aliphatic hydroxyl groups excluding tert-OH is 1. The zero-order valence-electron chi connectivity index (χ0n) is 11.6. The van der Waals surface area contributed by atoms with Gasteiger partial charge in [-0.05, 0) is 34.1 Å². The van der Waals surface area contributed by atoms with Gasteiger partial charge in [0.25, 0.3) is 0 Å². The maximum Gasteiger partial charge on any atom is 0.203 e. The standard InChI is InChI=1S/C14H14BrClO4S/c1-18-9-5-4-7(12(19-2)13(9)20-3)11(17)10-6-8(16)14(15)21-10/h4-6,11,17H,1-3H3. The highest BCUT2D eigenvalue weighted by Crippen LogP contribution is 2.45. The fourth-order valence-electron chi connectivity index (χ4n) is 1.99.